The van der Waals surface area contributed by atoms with Gasteiger partial charge in [-0.05, 0) is 6.42 Å². The quantitative estimate of drug-likeness (QED) is 0.692. The zero-order valence-electron chi connectivity index (χ0n) is 10.6. The smallest absolute Gasteiger partial charge is 0.0707 e. The van der Waals surface area contributed by atoms with E-state index in [1.54, 1.807) is 0 Å². The Morgan fingerprint density at radius 3 is 2.44 bits per heavy atom. The third-order valence-electron chi connectivity index (χ3n) is 4.12. The number of rotatable bonds is 6. The van der Waals surface area contributed by atoms with Crippen LogP contribution in [0.1, 0.15) is 39.0 Å². The van der Waals surface area contributed by atoms with Crippen LogP contribution in [0.5, 0.6) is 0 Å². The topological polar surface area (TPSA) is 26.7 Å². The van der Waals surface area contributed by atoms with Gasteiger partial charge < -0.3 is 5.11 Å². The largest absolute Gasteiger partial charge is 0.391 e. The molecule has 0 aromatic carbocycles. The Morgan fingerprint density at radius 2 is 1.88 bits per heavy atom. The minimum absolute atomic E-state index is 0.0973. The van der Waals surface area contributed by atoms with E-state index in [-0.39, 0.29) is 6.10 Å². The molecular formula is C13H26N2O. The molecule has 0 aromatic rings. The lowest BCUT2D eigenvalue weighted by Gasteiger charge is -2.49. The van der Waals surface area contributed by atoms with E-state index in [0.29, 0.717) is 6.04 Å². The minimum Gasteiger partial charge on any atom is -0.391 e. The van der Waals surface area contributed by atoms with Gasteiger partial charge in [0.2, 0.25) is 0 Å². The van der Waals surface area contributed by atoms with Crippen molar-refractivity contribution in [1.82, 2.24) is 9.80 Å². The molecule has 2 unspecified atom stereocenters. The number of hydrogen-bond acceptors (Lipinski definition) is 3. The second-order valence-electron chi connectivity index (χ2n) is 5.32. The third-order valence-corrected chi connectivity index (χ3v) is 4.12. The Balaban J connectivity index is 1.70. The standard InChI is InChI=1S/C13H26N2O/c1-2-3-4-5-6-13(16)12-11-14-7-9-15(12)10-8-14/h12-13,16H,2-11H2,1H3. The molecule has 94 valence electrons. The average molecular weight is 226 g/mol. The summed E-state index contributed by atoms with van der Waals surface area (Å²) in [6, 6.07) is 0.420. The normalized spacial score (nSPS) is 35.2. The molecule has 0 spiro atoms. The minimum atomic E-state index is -0.0973. The molecule has 0 aromatic heterocycles. The summed E-state index contributed by atoms with van der Waals surface area (Å²) in [6.07, 6.45) is 5.96. The van der Waals surface area contributed by atoms with Gasteiger partial charge in [-0.1, -0.05) is 32.6 Å². The SMILES string of the molecule is CCCCCCC(O)C1CN2CCN1CC2. The molecule has 0 radical (unpaired) electrons. The molecule has 0 aliphatic carbocycles. The lowest BCUT2D eigenvalue weighted by molar-refractivity contribution is -0.0486. The highest BCUT2D eigenvalue weighted by Gasteiger charge is 2.35. The molecule has 3 saturated heterocycles. The van der Waals surface area contributed by atoms with Gasteiger partial charge in [-0.2, -0.15) is 0 Å². The molecule has 16 heavy (non-hydrogen) atoms. The Bertz CT molecular complexity index is 202. The van der Waals surface area contributed by atoms with Gasteiger partial charge in [-0.3, -0.25) is 9.80 Å². The Hall–Kier alpha value is -0.120. The summed E-state index contributed by atoms with van der Waals surface area (Å²) >= 11 is 0. The molecule has 3 fully saturated rings. The predicted octanol–water partition coefficient (Wildman–Crippen LogP) is 1.32. The first-order valence-electron chi connectivity index (χ1n) is 6.95. The molecule has 3 rings (SSSR count). The van der Waals surface area contributed by atoms with Crippen molar-refractivity contribution < 1.29 is 5.11 Å². The van der Waals surface area contributed by atoms with Gasteiger partial charge in [0.1, 0.15) is 0 Å². The monoisotopic (exact) mass is 226 g/mol. The van der Waals surface area contributed by atoms with Gasteiger partial charge >= 0.3 is 0 Å². The van der Waals surface area contributed by atoms with Crippen LogP contribution in [-0.2, 0) is 0 Å². The van der Waals surface area contributed by atoms with Crippen molar-refractivity contribution in [2.75, 3.05) is 32.7 Å². The average Bonchev–Trinajstić information content (AvgIpc) is 2.36. The molecule has 0 amide bonds. The van der Waals surface area contributed by atoms with Crippen LogP contribution in [0.3, 0.4) is 0 Å². The van der Waals surface area contributed by atoms with Crippen LogP contribution in [0.2, 0.25) is 0 Å². The van der Waals surface area contributed by atoms with Gasteiger partial charge in [0, 0.05) is 38.8 Å². The number of nitrogens with zero attached hydrogens (tertiary/aromatic N) is 2. The molecule has 1 N–H and O–H groups in total. The number of fused-ring (bicyclic) bond motifs is 3. The van der Waals surface area contributed by atoms with Crippen molar-refractivity contribution in [3.05, 3.63) is 0 Å². The first-order valence-corrected chi connectivity index (χ1v) is 6.95. The van der Waals surface area contributed by atoms with E-state index in [9.17, 15) is 5.11 Å². The fraction of sp³-hybridized carbons (Fsp3) is 1.00. The molecule has 2 atom stereocenters. The van der Waals surface area contributed by atoms with Crippen molar-refractivity contribution in [1.29, 1.82) is 0 Å². The third kappa shape index (κ3) is 2.96. The molecule has 2 bridgehead atoms. The van der Waals surface area contributed by atoms with E-state index in [4.69, 9.17) is 0 Å². The van der Waals surface area contributed by atoms with Gasteiger partial charge in [0.05, 0.1) is 6.10 Å². The zero-order valence-corrected chi connectivity index (χ0v) is 10.6. The lowest BCUT2D eigenvalue weighted by atomic mass is 9.98. The number of unbranched alkanes of at least 4 members (excludes halogenated alkanes) is 3. The van der Waals surface area contributed by atoms with E-state index in [1.165, 1.54) is 38.8 Å². The van der Waals surface area contributed by atoms with Crippen LogP contribution >= 0.6 is 0 Å². The first kappa shape index (κ1) is 12.3. The molecule has 3 nitrogen and oxygen atoms in total. The summed E-state index contributed by atoms with van der Waals surface area (Å²) in [4.78, 5) is 4.99. The van der Waals surface area contributed by atoms with E-state index in [0.717, 1.165) is 26.1 Å². The van der Waals surface area contributed by atoms with Crippen molar-refractivity contribution in [3.8, 4) is 0 Å². The fourth-order valence-electron chi connectivity index (χ4n) is 3.00. The number of aliphatic hydroxyl groups is 1. The van der Waals surface area contributed by atoms with Gasteiger partial charge in [-0.15, -0.1) is 0 Å². The molecule has 3 aliphatic heterocycles. The van der Waals surface area contributed by atoms with Crippen LogP contribution < -0.4 is 0 Å². The Labute approximate surface area is 99.4 Å². The molecule has 3 heteroatoms. The maximum absolute atomic E-state index is 10.2. The molecule has 0 saturated carbocycles. The highest BCUT2D eigenvalue weighted by atomic mass is 16.3. The Kier molecular flexibility index (Phi) is 4.62. The van der Waals surface area contributed by atoms with Crippen LogP contribution in [0, 0.1) is 0 Å². The number of hydrogen-bond donors (Lipinski definition) is 1. The first-order chi connectivity index (χ1) is 7.81. The number of aliphatic hydroxyl groups excluding tert-OH is 1. The maximum Gasteiger partial charge on any atom is 0.0707 e. The summed E-state index contributed by atoms with van der Waals surface area (Å²) in [5.41, 5.74) is 0. The van der Waals surface area contributed by atoms with Crippen molar-refractivity contribution in [2.45, 2.75) is 51.2 Å². The van der Waals surface area contributed by atoms with Crippen molar-refractivity contribution in [2.24, 2.45) is 0 Å². The summed E-state index contributed by atoms with van der Waals surface area (Å²) in [5.74, 6) is 0. The van der Waals surface area contributed by atoms with E-state index in [2.05, 4.69) is 16.7 Å². The van der Waals surface area contributed by atoms with Crippen molar-refractivity contribution in [3.63, 3.8) is 0 Å². The summed E-state index contributed by atoms with van der Waals surface area (Å²) < 4.78 is 0. The second-order valence-corrected chi connectivity index (χ2v) is 5.32. The fourth-order valence-corrected chi connectivity index (χ4v) is 3.00. The molecule has 3 heterocycles. The molecular weight excluding hydrogens is 200 g/mol. The van der Waals surface area contributed by atoms with Crippen LogP contribution in [0.25, 0.3) is 0 Å². The van der Waals surface area contributed by atoms with Gasteiger partial charge in [0.25, 0.3) is 0 Å². The van der Waals surface area contributed by atoms with Gasteiger partial charge in [0.15, 0.2) is 0 Å². The van der Waals surface area contributed by atoms with Crippen LogP contribution in [-0.4, -0.2) is 59.8 Å². The molecule has 3 aliphatic rings. The van der Waals surface area contributed by atoms with Gasteiger partial charge in [-0.25, -0.2) is 0 Å². The van der Waals surface area contributed by atoms with E-state index in [1.807, 2.05) is 0 Å². The number of piperazine rings is 3. The Morgan fingerprint density at radius 1 is 1.12 bits per heavy atom. The van der Waals surface area contributed by atoms with Crippen LogP contribution in [0.15, 0.2) is 0 Å². The predicted molar refractivity (Wildman–Crippen MR) is 66.6 cm³/mol. The summed E-state index contributed by atoms with van der Waals surface area (Å²) in [7, 11) is 0. The summed E-state index contributed by atoms with van der Waals surface area (Å²) in [6.45, 7) is 8.07. The van der Waals surface area contributed by atoms with Crippen molar-refractivity contribution >= 4 is 0 Å². The summed E-state index contributed by atoms with van der Waals surface area (Å²) in [5, 5.41) is 10.2. The highest BCUT2D eigenvalue weighted by molar-refractivity contribution is 4.91. The van der Waals surface area contributed by atoms with Crippen LogP contribution in [0.4, 0.5) is 0 Å². The zero-order chi connectivity index (χ0) is 11.4. The van der Waals surface area contributed by atoms with E-state index >= 15 is 0 Å². The second kappa shape index (κ2) is 5.99. The van der Waals surface area contributed by atoms with E-state index < -0.39 is 0 Å². The maximum atomic E-state index is 10.2. The lowest BCUT2D eigenvalue weighted by Crippen LogP contribution is -2.64. The highest BCUT2D eigenvalue weighted by Crippen LogP contribution is 2.21.